The highest BCUT2D eigenvalue weighted by molar-refractivity contribution is 7.99. The maximum Gasteiger partial charge on any atom is 0.325 e. The van der Waals surface area contributed by atoms with E-state index in [1.54, 1.807) is 0 Å². The summed E-state index contributed by atoms with van der Waals surface area (Å²) in [5.74, 6) is -0.578. The van der Waals surface area contributed by atoms with Crippen LogP contribution in [0.15, 0.2) is 4.99 Å². The minimum Gasteiger partial charge on any atom is -0.468 e. The number of guanidine groups is 1. The Morgan fingerprint density at radius 1 is 1.14 bits per heavy atom. The van der Waals surface area contributed by atoms with Crippen molar-refractivity contribution >= 4 is 41.4 Å². The smallest absolute Gasteiger partial charge is 0.325 e. The number of hydrogen-bond acceptors (Lipinski definition) is 7. The van der Waals surface area contributed by atoms with E-state index in [0.717, 1.165) is 0 Å². The monoisotopic (exact) mass is 418 g/mol. The highest BCUT2D eigenvalue weighted by Gasteiger charge is 2.20. The second-order valence-corrected chi connectivity index (χ2v) is 6.86. The van der Waals surface area contributed by atoms with Crippen molar-refractivity contribution in [3.63, 3.8) is 0 Å². The summed E-state index contributed by atoms with van der Waals surface area (Å²) < 4.78 is 4.48. The van der Waals surface area contributed by atoms with Crippen molar-refractivity contribution in [2.45, 2.75) is 38.6 Å². The second kappa shape index (κ2) is 15.5. The zero-order valence-electron chi connectivity index (χ0n) is 16.3. The van der Waals surface area contributed by atoms with Crippen molar-refractivity contribution in [2.24, 2.45) is 16.5 Å². The Morgan fingerprint density at radius 2 is 1.86 bits per heavy atom. The predicted octanol–water partition coefficient (Wildman–Crippen LogP) is -1.58. The number of nitrogens with zero attached hydrogens (tertiary/aromatic N) is 1. The van der Waals surface area contributed by atoms with Crippen LogP contribution in [0.1, 0.15) is 32.6 Å². The predicted molar refractivity (Wildman–Crippen MR) is 107 cm³/mol. The van der Waals surface area contributed by atoms with Gasteiger partial charge in [-0.05, 0) is 19.3 Å². The first kappa shape index (κ1) is 25.5. The van der Waals surface area contributed by atoms with Gasteiger partial charge < -0.3 is 32.2 Å². The number of methoxy groups -OCH3 is 1. The van der Waals surface area contributed by atoms with Gasteiger partial charge in [0.2, 0.25) is 17.7 Å². The average Bonchev–Trinajstić information content (AvgIpc) is 2.63. The first-order chi connectivity index (χ1) is 13.3. The number of hydrogen-bond donors (Lipinski definition) is 5. The topological polar surface area (TPSA) is 178 Å². The second-order valence-electron chi connectivity index (χ2n) is 5.75. The molecule has 0 aromatic carbocycles. The van der Waals surface area contributed by atoms with Crippen LogP contribution in [0.4, 0.5) is 0 Å². The highest BCUT2D eigenvalue weighted by Crippen LogP contribution is 2.05. The van der Waals surface area contributed by atoms with Crippen LogP contribution in [0.25, 0.3) is 0 Å². The summed E-state index contributed by atoms with van der Waals surface area (Å²) in [5.41, 5.74) is 10.5. The van der Waals surface area contributed by atoms with Crippen molar-refractivity contribution in [1.82, 2.24) is 16.0 Å². The lowest BCUT2D eigenvalue weighted by Crippen LogP contribution is -2.48. The number of rotatable bonds is 14. The van der Waals surface area contributed by atoms with Gasteiger partial charge in [-0.15, -0.1) is 11.8 Å². The van der Waals surface area contributed by atoms with Gasteiger partial charge in [0, 0.05) is 25.6 Å². The van der Waals surface area contributed by atoms with E-state index in [1.807, 2.05) is 0 Å². The number of nitrogens with one attached hydrogen (secondary N) is 3. The SMILES string of the molecule is COC(=O)CNC(=O)C(CCCCN=C(N)N)NC(=O)CCSCNC(C)=O. The number of carbonyl (C=O) groups is 4. The highest BCUT2D eigenvalue weighted by atomic mass is 32.2. The molecule has 7 N–H and O–H groups in total. The minimum atomic E-state index is -0.781. The summed E-state index contributed by atoms with van der Waals surface area (Å²) in [6.07, 6.45) is 1.81. The van der Waals surface area contributed by atoms with E-state index in [1.165, 1.54) is 25.8 Å². The average molecular weight is 419 g/mol. The van der Waals surface area contributed by atoms with E-state index in [2.05, 4.69) is 25.7 Å². The number of aliphatic imine (C=N–C) groups is 1. The molecule has 0 saturated carbocycles. The fraction of sp³-hybridized carbons (Fsp3) is 0.688. The van der Waals surface area contributed by atoms with Crippen LogP contribution < -0.4 is 27.4 Å². The van der Waals surface area contributed by atoms with Crippen LogP contribution in [0.3, 0.4) is 0 Å². The Hall–Kier alpha value is -2.50. The molecule has 1 unspecified atom stereocenters. The fourth-order valence-corrected chi connectivity index (χ4v) is 2.73. The third kappa shape index (κ3) is 14.6. The maximum atomic E-state index is 12.3. The van der Waals surface area contributed by atoms with Gasteiger partial charge in [-0.1, -0.05) is 0 Å². The number of thioether (sulfide) groups is 1. The van der Waals surface area contributed by atoms with E-state index < -0.39 is 17.9 Å². The van der Waals surface area contributed by atoms with Crippen molar-refractivity contribution in [3.8, 4) is 0 Å². The van der Waals surface area contributed by atoms with Gasteiger partial charge in [-0.2, -0.15) is 0 Å². The molecule has 0 spiro atoms. The summed E-state index contributed by atoms with van der Waals surface area (Å²) in [6, 6.07) is -0.781. The molecule has 0 aliphatic carbocycles. The Kier molecular flexibility index (Phi) is 14.2. The molecule has 0 heterocycles. The van der Waals surface area contributed by atoms with E-state index in [4.69, 9.17) is 11.5 Å². The van der Waals surface area contributed by atoms with Crippen LogP contribution in [0.2, 0.25) is 0 Å². The molecule has 0 aromatic heterocycles. The van der Waals surface area contributed by atoms with Gasteiger partial charge in [0.1, 0.15) is 12.6 Å². The molecular formula is C16H30N6O5S. The van der Waals surface area contributed by atoms with Crippen LogP contribution in [-0.2, 0) is 23.9 Å². The molecule has 0 fully saturated rings. The molecule has 28 heavy (non-hydrogen) atoms. The summed E-state index contributed by atoms with van der Waals surface area (Å²) in [4.78, 5) is 50.2. The molecule has 0 aliphatic heterocycles. The maximum absolute atomic E-state index is 12.3. The number of carbonyl (C=O) groups excluding carboxylic acids is 4. The molecule has 12 heteroatoms. The number of amides is 3. The Balaban J connectivity index is 4.45. The number of unbranched alkanes of at least 4 members (excludes halogenated alkanes) is 1. The lowest BCUT2D eigenvalue weighted by atomic mass is 10.1. The third-order valence-electron chi connectivity index (χ3n) is 3.38. The van der Waals surface area contributed by atoms with Crippen molar-refractivity contribution in [3.05, 3.63) is 0 Å². The molecule has 0 bridgehead atoms. The molecule has 0 saturated heterocycles. The summed E-state index contributed by atoms with van der Waals surface area (Å²) in [6.45, 7) is 1.56. The standard InChI is InChI=1S/C16H30N6O5S/c1-11(23)21-10-28-8-6-13(24)22-12(5-3-4-7-19-16(17)18)15(26)20-9-14(25)27-2/h12H,3-10H2,1-2H3,(H,20,26)(H,21,23)(H,22,24)(H4,17,18,19). The first-order valence-electron chi connectivity index (χ1n) is 8.77. The van der Waals surface area contributed by atoms with E-state index in [9.17, 15) is 19.2 Å². The zero-order chi connectivity index (χ0) is 21.4. The van der Waals surface area contributed by atoms with Gasteiger partial charge in [0.15, 0.2) is 5.96 Å². The summed E-state index contributed by atoms with van der Waals surface area (Å²) in [5, 5.41) is 7.72. The van der Waals surface area contributed by atoms with Crippen LogP contribution in [0, 0.1) is 0 Å². The molecule has 0 rings (SSSR count). The van der Waals surface area contributed by atoms with E-state index >= 15 is 0 Å². The van der Waals surface area contributed by atoms with Crippen LogP contribution in [0.5, 0.6) is 0 Å². The van der Waals surface area contributed by atoms with Crippen molar-refractivity contribution in [2.75, 3.05) is 31.8 Å². The quantitative estimate of drug-likeness (QED) is 0.0737. The Morgan fingerprint density at radius 3 is 2.46 bits per heavy atom. The molecule has 11 nitrogen and oxygen atoms in total. The molecule has 3 amide bonds. The normalized spacial score (nSPS) is 11.1. The van der Waals surface area contributed by atoms with E-state index in [-0.39, 0.29) is 30.7 Å². The van der Waals surface area contributed by atoms with Crippen molar-refractivity contribution in [1.29, 1.82) is 0 Å². The third-order valence-corrected chi connectivity index (χ3v) is 4.22. The summed E-state index contributed by atoms with van der Waals surface area (Å²) in [7, 11) is 1.22. The molecule has 0 aromatic rings. The van der Waals surface area contributed by atoms with Crippen LogP contribution >= 0.6 is 11.8 Å². The van der Waals surface area contributed by atoms with Crippen LogP contribution in [-0.4, -0.2) is 67.5 Å². The molecular weight excluding hydrogens is 388 g/mol. The van der Waals surface area contributed by atoms with Crippen molar-refractivity contribution < 1.29 is 23.9 Å². The minimum absolute atomic E-state index is 0.00237. The van der Waals surface area contributed by atoms with Gasteiger partial charge in [-0.25, -0.2) is 0 Å². The lowest BCUT2D eigenvalue weighted by molar-refractivity contribution is -0.141. The molecule has 0 aliphatic rings. The Labute approximate surface area is 168 Å². The number of nitrogens with two attached hydrogens (primary N) is 2. The first-order valence-corrected chi connectivity index (χ1v) is 9.93. The molecule has 0 radical (unpaired) electrons. The summed E-state index contributed by atoms with van der Waals surface area (Å²) >= 11 is 1.40. The fourth-order valence-electron chi connectivity index (χ4n) is 1.95. The molecule has 160 valence electrons. The van der Waals surface area contributed by atoms with Gasteiger partial charge in [0.25, 0.3) is 0 Å². The van der Waals surface area contributed by atoms with Gasteiger partial charge >= 0.3 is 5.97 Å². The molecule has 1 atom stereocenters. The van der Waals surface area contributed by atoms with Gasteiger partial charge in [0.05, 0.1) is 13.0 Å². The number of ether oxygens (including phenoxy) is 1. The Bertz CT molecular complexity index is 554. The number of esters is 1. The van der Waals surface area contributed by atoms with E-state index in [0.29, 0.717) is 37.4 Å². The lowest BCUT2D eigenvalue weighted by Gasteiger charge is -2.18. The van der Waals surface area contributed by atoms with Gasteiger partial charge in [-0.3, -0.25) is 24.2 Å². The zero-order valence-corrected chi connectivity index (χ0v) is 17.1. The largest absolute Gasteiger partial charge is 0.468 e.